The van der Waals surface area contributed by atoms with Crippen LogP contribution >= 0.6 is 0 Å². The molecule has 3 rings (SSSR count). The Kier molecular flexibility index (Phi) is 3.07. The number of alkyl halides is 9. The predicted molar refractivity (Wildman–Crippen MR) is 57.9 cm³/mol. The second kappa shape index (κ2) is 4.18. The molecule has 1 nitrogen and oxygen atoms in total. The second-order valence-corrected chi connectivity index (χ2v) is 6.52. The zero-order valence-corrected chi connectivity index (χ0v) is 11.2. The van der Waals surface area contributed by atoms with Gasteiger partial charge in [0.05, 0.1) is 0 Å². The van der Waals surface area contributed by atoms with Gasteiger partial charge >= 0.3 is 18.5 Å². The van der Waals surface area contributed by atoms with E-state index in [4.69, 9.17) is 0 Å². The molecule has 0 aromatic rings. The van der Waals surface area contributed by atoms with Crippen LogP contribution in [0, 0.1) is 29.1 Å². The summed E-state index contributed by atoms with van der Waals surface area (Å²) in [6.07, 6.45) is -17.3. The van der Waals surface area contributed by atoms with E-state index in [1.807, 2.05) is 0 Å². The van der Waals surface area contributed by atoms with Gasteiger partial charge < -0.3 is 5.11 Å². The normalized spacial score (nSPS) is 40.3. The average Bonchev–Trinajstić information content (AvgIpc) is 2.80. The zero-order chi connectivity index (χ0) is 17.6. The molecule has 0 heterocycles. The Morgan fingerprint density at radius 2 is 1.30 bits per heavy atom. The van der Waals surface area contributed by atoms with Crippen LogP contribution in [0.15, 0.2) is 12.2 Å². The van der Waals surface area contributed by atoms with E-state index in [1.165, 1.54) is 12.2 Å². The Hall–Kier alpha value is -0.930. The minimum atomic E-state index is -6.49. The molecule has 10 heteroatoms. The van der Waals surface area contributed by atoms with Crippen LogP contribution in [0.5, 0.6) is 0 Å². The fraction of sp³-hybridized carbons (Fsp3) is 0.846. The van der Waals surface area contributed by atoms with Gasteiger partial charge in [-0.1, -0.05) is 12.2 Å². The van der Waals surface area contributed by atoms with Gasteiger partial charge in [0, 0.05) is 0 Å². The minimum Gasteiger partial charge on any atom is -0.373 e. The quantitative estimate of drug-likeness (QED) is 0.552. The molecule has 3 aliphatic carbocycles. The van der Waals surface area contributed by atoms with Gasteiger partial charge in [-0.05, 0) is 36.5 Å². The lowest BCUT2D eigenvalue weighted by molar-refractivity contribution is -0.472. The van der Waals surface area contributed by atoms with Gasteiger partial charge in [0.15, 0.2) is 0 Å². The van der Waals surface area contributed by atoms with Crippen molar-refractivity contribution in [3.05, 3.63) is 12.2 Å². The molecular formula is C13H11F9O. The summed E-state index contributed by atoms with van der Waals surface area (Å²) in [6.45, 7) is 0. The van der Waals surface area contributed by atoms with Crippen molar-refractivity contribution in [1.82, 2.24) is 0 Å². The van der Waals surface area contributed by atoms with Crippen molar-refractivity contribution >= 4 is 0 Å². The van der Waals surface area contributed by atoms with Gasteiger partial charge in [0.1, 0.15) is 5.41 Å². The summed E-state index contributed by atoms with van der Waals surface area (Å²) >= 11 is 0. The fourth-order valence-electron chi connectivity index (χ4n) is 4.85. The number of rotatable bonds is 1. The van der Waals surface area contributed by atoms with Crippen LogP contribution in [-0.4, -0.2) is 29.2 Å². The average molecular weight is 354 g/mol. The molecule has 0 radical (unpaired) electrons. The smallest absolute Gasteiger partial charge is 0.373 e. The van der Waals surface area contributed by atoms with Crippen molar-refractivity contribution in [3.63, 3.8) is 0 Å². The molecule has 1 N–H and O–H groups in total. The van der Waals surface area contributed by atoms with Crippen LogP contribution in [-0.2, 0) is 0 Å². The lowest BCUT2D eigenvalue weighted by Gasteiger charge is -2.62. The van der Waals surface area contributed by atoms with Crippen LogP contribution in [0.3, 0.4) is 0 Å². The molecule has 23 heavy (non-hydrogen) atoms. The standard InChI is InChI=1S/C13H11F9O/c14-11(15,16)9(10(23,12(17,18)19)13(20,21)22)4-7-5-1-2-6(3-5)8(7)9/h1-2,5-8,23H,3-4H2. The first kappa shape index (κ1) is 16.9. The molecule has 0 spiro atoms. The summed E-state index contributed by atoms with van der Waals surface area (Å²) in [5, 5.41) is 9.47. The molecule has 5 unspecified atom stereocenters. The van der Waals surface area contributed by atoms with E-state index in [9.17, 15) is 44.6 Å². The lowest BCUT2D eigenvalue weighted by atomic mass is 9.44. The highest BCUT2D eigenvalue weighted by atomic mass is 19.4. The molecule has 3 aliphatic rings. The number of hydrogen-bond donors (Lipinski definition) is 1. The van der Waals surface area contributed by atoms with Gasteiger partial charge in [0.25, 0.3) is 5.60 Å². The molecule has 2 fully saturated rings. The number of hydrogen-bond acceptors (Lipinski definition) is 1. The molecule has 5 atom stereocenters. The summed E-state index contributed by atoms with van der Waals surface area (Å²) in [4.78, 5) is 0. The number of aliphatic hydroxyl groups is 1. The van der Waals surface area contributed by atoms with Crippen molar-refractivity contribution in [3.8, 4) is 0 Å². The first-order valence-corrected chi connectivity index (χ1v) is 6.79. The van der Waals surface area contributed by atoms with Crippen molar-refractivity contribution in [2.45, 2.75) is 37.0 Å². The highest BCUT2D eigenvalue weighted by Gasteiger charge is 2.92. The monoisotopic (exact) mass is 354 g/mol. The highest BCUT2D eigenvalue weighted by molar-refractivity contribution is 5.29. The molecule has 0 aliphatic heterocycles. The molecular weight excluding hydrogens is 343 g/mol. The van der Waals surface area contributed by atoms with Gasteiger partial charge in [-0.15, -0.1) is 0 Å². The van der Waals surface area contributed by atoms with E-state index in [-0.39, 0.29) is 6.42 Å². The first-order chi connectivity index (χ1) is 10.2. The SMILES string of the molecule is OC(C(F)(F)F)(C(F)(F)F)C1(C(F)(F)F)CC2C3C=CC(C3)C21. The highest BCUT2D eigenvalue weighted by Crippen LogP contribution is 2.77. The maximum Gasteiger partial charge on any atom is 0.427 e. The van der Waals surface area contributed by atoms with Crippen LogP contribution in [0.1, 0.15) is 12.8 Å². The lowest BCUT2D eigenvalue weighted by Crippen LogP contribution is -2.78. The van der Waals surface area contributed by atoms with Crippen molar-refractivity contribution in [2.75, 3.05) is 0 Å². The predicted octanol–water partition coefficient (Wildman–Crippen LogP) is 4.23. The van der Waals surface area contributed by atoms with E-state index >= 15 is 0 Å². The maximum atomic E-state index is 13.5. The van der Waals surface area contributed by atoms with Crippen LogP contribution in [0.4, 0.5) is 39.5 Å². The van der Waals surface area contributed by atoms with Gasteiger partial charge in [0.2, 0.25) is 0 Å². The summed E-state index contributed by atoms with van der Waals surface area (Å²) in [5.74, 6) is -4.31. The Morgan fingerprint density at radius 1 is 0.826 bits per heavy atom. The molecule has 132 valence electrons. The zero-order valence-electron chi connectivity index (χ0n) is 11.2. The Bertz CT molecular complexity index is 529. The van der Waals surface area contributed by atoms with Crippen LogP contribution < -0.4 is 0 Å². The summed E-state index contributed by atoms with van der Waals surface area (Å²) < 4.78 is 119. The van der Waals surface area contributed by atoms with Gasteiger partial charge in [-0.2, -0.15) is 39.5 Å². The third kappa shape index (κ3) is 1.70. The summed E-state index contributed by atoms with van der Waals surface area (Å²) in [5.41, 5.74) is -10.1. The molecule has 2 bridgehead atoms. The number of allylic oxidation sites excluding steroid dienone is 2. The Labute approximate surface area is 124 Å². The van der Waals surface area contributed by atoms with Crippen molar-refractivity contribution in [2.24, 2.45) is 29.1 Å². The third-order valence-electron chi connectivity index (χ3n) is 5.72. The van der Waals surface area contributed by atoms with Crippen molar-refractivity contribution in [1.29, 1.82) is 0 Å². The van der Waals surface area contributed by atoms with Crippen LogP contribution in [0.25, 0.3) is 0 Å². The van der Waals surface area contributed by atoms with Gasteiger partial charge in [-0.3, -0.25) is 0 Å². The van der Waals surface area contributed by atoms with E-state index in [0.717, 1.165) is 0 Å². The molecule has 0 saturated heterocycles. The number of halogens is 9. The molecule has 2 saturated carbocycles. The Balaban J connectivity index is 2.20. The van der Waals surface area contributed by atoms with E-state index in [1.54, 1.807) is 0 Å². The number of fused-ring (bicyclic) bond motifs is 5. The molecule has 0 amide bonds. The summed E-state index contributed by atoms with van der Waals surface area (Å²) in [7, 11) is 0. The van der Waals surface area contributed by atoms with E-state index in [0.29, 0.717) is 0 Å². The topological polar surface area (TPSA) is 20.2 Å². The maximum absolute atomic E-state index is 13.5. The third-order valence-corrected chi connectivity index (χ3v) is 5.72. The van der Waals surface area contributed by atoms with Crippen LogP contribution in [0.2, 0.25) is 0 Å². The molecule has 0 aromatic carbocycles. The second-order valence-electron chi connectivity index (χ2n) is 6.52. The summed E-state index contributed by atoms with van der Waals surface area (Å²) in [6, 6.07) is 0. The molecule has 0 aromatic heterocycles. The first-order valence-electron chi connectivity index (χ1n) is 6.79. The van der Waals surface area contributed by atoms with Gasteiger partial charge in [-0.25, -0.2) is 0 Å². The van der Waals surface area contributed by atoms with E-state index in [2.05, 4.69) is 0 Å². The minimum absolute atomic E-state index is 0.0962. The van der Waals surface area contributed by atoms with Crippen molar-refractivity contribution < 1.29 is 44.6 Å². The largest absolute Gasteiger partial charge is 0.427 e. The fourth-order valence-corrected chi connectivity index (χ4v) is 4.85. The van der Waals surface area contributed by atoms with E-state index < -0.39 is 59.6 Å². The Morgan fingerprint density at radius 3 is 1.70 bits per heavy atom.